The van der Waals surface area contributed by atoms with Gasteiger partial charge in [-0.15, -0.1) is 0 Å². The predicted molar refractivity (Wildman–Crippen MR) is 68.9 cm³/mol. The molecule has 0 amide bonds. The SMILES string of the molecule is N.Nc1cccc(Cl)c1.[I][Pt][I]. The van der Waals surface area contributed by atoms with Crippen LogP contribution in [0.1, 0.15) is 0 Å². The van der Waals surface area contributed by atoms with Crippen LogP contribution in [-0.4, -0.2) is 0 Å². The van der Waals surface area contributed by atoms with E-state index in [0.29, 0.717) is 21.9 Å². The topological polar surface area (TPSA) is 61.0 Å². The van der Waals surface area contributed by atoms with Gasteiger partial charge in [0, 0.05) is 10.7 Å². The van der Waals surface area contributed by atoms with Crippen molar-refractivity contribution in [2.45, 2.75) is 0 Å². The van der Waals surface area contributed by atoms with Gasteiger partial charge in [0.15, 0.2) is 0 Å². The zero-order valence-electron chi connectivity index (χ0n) is 6.04. The van der Waals surface area contributed by atoms with Gasteiger partial charge in [-0.2, -0.15) is 0 Å². The molecule has 2 nitrogen and oxygen atoms in total. The molecule has 0 aliphatic carbocycles. The van der Waals surface area contributed by atoms with Crippen molar-refractivity contribution in [1.82, 2.24) is 6.15 Å². The molecule has 1 aromatic carbocycles. The van der Waals surface area contributed by atoms with Crippen LogP contribution >= 0.6 is 50.3 Å². The normalized spacial score (nSPS) is 7.92. The maximum absolute atomic E-state index is 5.56. The number of hydrogen-bond donors (Lipinski definition) is 2. The fraction of sp³-hybridized carbons (Fsp3) is 0. The third-order valence-corrected chi connectivity index (χ3v) is 1.08. The number of anilines is 1. The molecule has 0 spiro atoms. The molecule has 0 heterocycles. The second-order valence-corrected chi connectivity index (χ2v) is 18.6. The number of benzene rings is 1. The number of hydrogen-bond acceptors (Lipinski definition) is 2. The van der Waals surface area contributed by atoms with E-state index in [1.165, 1.54) is 0 Å². The van der Waals surface area contributed by atoms with Crippen molar-refractivity contribution in [2.75, 3.05) is 5.73 Å². The molecule has 0 saturated heterocycles. The number of nitrogen functional groups attached to an aromatic ring is 1. The van der Waals surface area contributed by atoms with Gasteiger partial charge in [0.1, 0.15) is 0 Å². The van der Waals surface area contributed by atoms with Crippen molar-refractivity contribution in [3.63, 3.8) is 0 Å². The van der Waals surface area contributed by atoms with Crippen LogP contribution in [0.25, 0.3) is 0 Å². The summed E-state index contributed by atoms with van der Waals surface area (Å²) in [5, 5.41) is 0.685. The fourth-order valence-corrected chi connectivity index (χ4v) is 0.705. The molecule has 0 aliphatic rings. The molecule has 5 N–H and O–H groups in total. The summed E-state index contributed by atoms with van der Waals surface area (Å²) in [5.74, 6) is 0. The van der Waals surface area contributed by atoms with E-state index in [1.807, 2.05) is 6.07 Å². The maximum atomic E-state index is 5.56. The van der Waals surface area contributed by atoms with Crippen molar-refractivity contribution < 1.29 is 11.2 Å². The van der Waals surface area contributed by atoms with Crippen molar-refractivity contribution >= 4 is 56.0 Å². The zero-order chi connectivity index (χ0) is 8.69. The molecule has 0 fully saturated rings. The first-order valence-corrected chi connectivity index (χ1v) is 15.8. The van der Waals surface area contributed by atoms with Gasteiger partial charge < -0.3 is 11.9 Å². The Balaban J connectivity index is 0. The Morgan fingerprint density at radius 2 is 1.83 bits per heavy atom. The zero-order valence-corrected chi connectivity index (χ0v) is 13.4. The number of nitrogens with two attached hydrogens (primary N) is 1. The van der Waals surface area contributed by atoms with E-state index >= 15 is 0 Å². The van der Waals surface area contributed by atoms with Crippen LogP contribution in [0.4, 0.5) is 5.69 Å². The summed E-state index contributed by atoms with van der Waals surface area (Å²) >= 11 is 10.9. The minimum atomic E-state index is 0. The second-order valence-electron chi connectivity index (χ2n) is 1.60. The molecule has 1 rings (SSSR count). The molecule has 0 saturated carbocycles. The summed E-state index contributed by atoms with van der Waals surface area (Å²) < 4.78 is 0. The monoisotopic (exact) mass is 593 g/mol. The summed E-state index contributed by atoms with van der Waals surface area (Å²) in [6.07, 6.45) is 0. The Morgan fingerprint density at radius 1 is 1.33 bits per heavy atom. The summed E-state index contributed by atoms with van der Waals surface area (Å²) in [5.41, 5.74) is 6.08. The Kier molecular flexibility index (Phi) is 13.9. The molecule has 0 atom stereocenters. The molecule has 12 heavy (non-hydrogen) atoms. The Hall–Kier alpha value is 1.42. The van der Waals surface area contributed by atoms with Crippen LogP contribution in [-0.2, 0) is 11.2 Å². The molecular weight excluding hydrogens is 584 g/mol. The van der Waals surface area contributed by atoms with Crippen LogP contribution < -0.4 is 11.9 Å². The van der Waals surface area contributed by atoms with E-state index < -0.39 is 0 Å². The van der Waals surface area contributed by atoms with Crippen molar-refractivity contribution in [3.05, 3.63) is 29.3 Å². The van der Waals surface area contributed by atoms with E-state index in [-0.39, 0.29) is 6.15 Å². The summed E-state index contributed by atoms with van der Waals surface area (Å²) in [6, 6.07) is 7.11. The summed E-state index contributed by atoms with van der Waals surface area (Å²) in [4.78, 5) is 0. The predicted octanol–water partition coefficient (Wildman–Crippen LogP) is 3.85. The van der Waals surface area contributed by atoms with E-state index in [9.17, 15) is 0 Å². The fourth-order valence-electron chi connectivity index (χ4n) is 0.507. The summed E-state index contributed by atoms with van der Waals surface area (Å²) in [6.45, 7) is 0. The van der Waals surface area contributed by atoms with Crippen LogP contribution in [0.3, 0.4) is 0 Å². The average molecular weight is 593 g/mol. The van der Waals surface area contributed by atoms with Crippen LogP contribution in [0.15, 0.2) is 24.3 Å². The van der Waals surface area contributed by atoms with Crippen LogP contribution in [0.5, 0.6) is 0 Å². The molecule has 74 valence electrons. The third-order valence-electron chi connectivity index (χ3n) is 0.849. The first kappa shape index (κ1) is 15.9. The molecule has 0 radical (unpaired) electrons. The molecule has 1 aromatic rings. The van der Waals surface area contributed by atoms with Gasteiger partial charge >= 0.3 is 49.9 Å². The van der Waals surface area contributed by atoms with Crippen molar-refractivity contribution in [3.8, 4) is 0 Å². The van der Waals surface area contributed by atoms with Gasteiger partial charge in [0.25, 0.3) is 0 Å². The molecular formula is C6H9ClI2N2Pt. The molecule has 0 unspecified atom stereocenters. The van der Waals surface area contributed by atoms with Gasteiger partial charge in [-0.05, 0) is 18.2 Å². The first-order valence-electron chi connectivity index (χ1n) is 2.54. The third kappa shape index (κ3) is 9.51. The number of halogens is 3. The first-order chi connectivity index (χ1) is 5.20. The molecule has 0 aromatic heterocycles. The van der Waals surface area contributed by atoms with E-state index in [1.54, 1.807) is 18.2 Å². The quantitative estimate of drug-likeness (QED) is 0.355. The van der Waals surface area contributed by atoms with Gasteiger partial charge in [0.2, 0.25) is 0 Å². The Bertz CT molecular complexity index is 195. The minimum absolute atomic E-state index is 0. The average Bonchev–Trinajstić information content (AvgIpc) is 1.88. The van der Waals surface area contributed by atoms with E-state index in [4.69, 9.17) is 17.3 Å². The van der Waals surface area contributed by atoms with E-state index in [2.05, 4.69) is 38.7 Å². The Labute approximate surface area is 107 Å². The molecule has 0 aliphatic heterocycles. The van der Waals surface area contributed by atoms with E-state index in [0.717, 1.165) is 0 Å². The molecule has 6 heteroatoms. The standard InChI is InChI=1S/C6H6ClN.2HI.H3N.Pt/c7-5-2-1-3-6(8)4-5;;;;/h1-4H,8H2;2*1H;1H3;/q;;;;+2/p-2. The Morgan fingerprint density at radius 3 is 2.08 bits per heavy atom. The van der Waals surface area contributed by atoms with Crippen molar-refractivity contribution in [2.24, 2.45) is 0 Å². The van der Waals surface area contributed by atoms with Crippen LogP contribution in [0.2, 0.25) is 5.02 Å². The van der Waals surface area contributed by atoms with Gasteiger partial charge in [-0.1, -0.05) is 17.7 Å². The van der Waals surface area contributed by atoms with Gasteiger partial charge in [-0.3, -0.25) is 0 Å². The second kappa shape index (κ2) is 10.5. The summed E-state index contributed by atoms with van der Waals surface area (Å²) in [7, 11) is 0. The van der Waals surface area contributed by atoms with Gasteiger partial charge in [0.05, 0.1) is 0 Å². The van der Waals surface area contributed by atoms with Crippen LogP contribution in [0, 0.1) is 0 Å². The van der Waals surface area contributed by atoms with Crippen molar-refractivity contribution in [1.29, 1.82) is 0 Å². The van der Waals surface area contributed by atoms with Gasteiger partial charge in [-0.25, -0.2) is 0 Å². The molecule has 0 bridgehead atoms. The number of rotatable bonds is 0.